The summed E-state index contributed by atoms with van der Waals surface area (Å²) in [6.45, 7) is -2.53. The van der Waals surface area contributed by atoms with Gasteiger partial charge in [0.2, 0.25) is 0 Å². The monoisotopic (exact) mass is 611 g/mol. The van der Waals surface area contributed by atoms with E-state index in [1.54, 1.807) is 18.2 Å². The van der Waals surface area contributed by atoms with Gasteiger partial charge < -0.3 is 9.47 Å². The van der Waals surface area contributed by atoms with Gasteiger partial charge in [-0.3, -0.25) is 4.79 Å². The lowest BCUT2D eigenvalue weighted by molar-refractivity contribution is -0.162. The first-order chi connectivity index (χ1) is 21.0. The van der Waals surface area contributed by atoms with Crippen molar-refractivity contribution < 1.29 is 22.7 Å². The van der Waals surface area contributed by atoms with Crippen molar-refractivity contribution in [1.29, 1.82) is 5.26 Å². The molecule has 1 heterocycles. The molecule has 0 saturated carbocycles. The molecule has 0 aromatic heterocycles. The summed E-state index contributed by atoms with van der Waals surface area (Å²) in [5, 5.41) is 11.7. The first kappa shape index (κ1) is 30.7. The van der Waals surface area contributed by atoms with Gasteiger partial charge in [-0.15, -0.1) is 0 Å². The largest absolute Gasteiger partial charge is 0.353 e. The van der Waals surface area contributed by atoms with Crippen molar-refractivity contribution >= 4 is 43.7 Å². The molecule has 5 rings (SSSR count). The van der Waals surface area contributed by atoms with E-state index >= 15 is 0 Å². The van der Waals surface area contributed by atoms with E-state index in [-0.39, 0.29) is 23.2 Å². The summed E-state index contributed by atoms with van der Waals surface area (Å²) in [6, 6.07) is 38.7. The van der Waals surface area contributed by atoms with Crippen LogP contribution in [-0.2, 0) is 24.1 Å². The third-order valence-electron chi connectivity index (χ3n) is 7.67. The minimum Gasteiger partial charge on any atom is -0.353 e. The maximum Gasteiger partial charge on any atom is 0.192 e. The van der Waals surface area contributed by atoms with E-state index in [9.17, 15) is 18.5 Å². The van der Waals surface area contributed by atoms with E-state index < -0.39 is 34.0 Å². The summed E-state index contributed by atoms with van der Waals surface area (Å²) in [4.78, 5) is 14.9. The molecule has 0 radical (unpaired) electrons. The quantitative estimate of drug-likeness (QED) is 0.221. The molecule has 2 atom stereocenters. The van der Waals surface area contributed by atoms with Gasteiger partial charge in [0.25, 0.3) is 0 Å². The summed E-state index contributed by atoms with van der Waals surface area (Å²) in [5.41, 5.74) is 0. The predicted octanol–water partition coefficient (Wildman–Crippen LogP) is 5.02. The highest BCUT2D eigenvalue weighted by Crippen LogP contribution is 2.47. The second kappa shape index (κ2) is 14.1. The molecule has 8 heteroatoms. The Balaban J connectivity index is 1.74. The molecule has 43 heavy (non-hydrogen) atoms. The SMILES string of the molecule is N#CC(C(=O)C(CCOC1CCCCO1)S(=O)(=O)c1ccccc1)=P(c1ccccc1)(c1ccccc1)c1ccccc1. The van der Waals surface area contributed by atoms with E-state index in [2.05, 4.69) is 6.07 Å². The minimum atomic E-state index is -4.19. The fourth-order valence-electron chi connectivity index (χ4n) is 5.59. The van der Waals surface area contributed by atoms with Crippen LogP contribution in [0.3, 0.4) is 0 Å². The summed E-state index contributed by atoms with van der Waals surface area (Å²) >= 11 is 0. The predicted molar refractivity (Wildman–Crippen MR) is 172 cm³/mol. The molecule has 6 nitrogen and oxygen atoms in total. The summed E-state index contributed by atoms with van der Waals surface area (Å²) in [6.07, 6.45) is 2.07. The molecule has 4 aromatic rings. The van der Waals surface area contributed by atoms with Crippen LogP contribution in [-0.4, -0.2) is 44.2 Å². The van der Waals surface area contributed by atoms with Gasteiger partial charge in [-0.2, -0.15) is 5.26 Å². The average Bonchev–Trinajstić information content (AvgIpc) is 3.07. The lowest BCUT2D eigenvalue weighted by Crippen LogP contribution is -2.41. The second-order valence-corrected chi connectivity index (χ2v) is 15.8. The van der Waals surface area contributed by atoms with Crippen LogP contribution in [0.5, 0.6) is 0 Å². The molecule has 1 aliphatic rings. The molecule has 1 saturated heterocycles. The molecule has 1 aliphatic heterocycles. The molecular formula is C35H34NO5PS. The van der Waals surface area contributed by atoms with Crippen molar-refractivity contribution in [2.45, 2.75) is 42.1 Å². The Labute approximate surface area is 253 Å². The minimum absolute atomic E-state index is 0.000694. The Hall–Kier alpha value is -3.79. The van der Waals surface area contributed by atoms with Gasteiger partial charge in [-0.25, -0.2) is 8.42 Å². The van der Waals surface area contributed by atoms with Crippen LogP contribution < -0.4 is 15.9 Å². The maximum absolute atomic E-state index is 14.8. The Bertz CT molecular complexity index is 1610. The summed E-state index contributed by atoms with van der Waals surface area (Å²) in [7, 11) is -4.19. The Morgan fingerprint density at radius 2 is 1.30 bits per heavy atom. The second-order valence-electron chi connectivity index (χ2n) is 10.3. The van der Waals surface area contributed by atoms with Gasteiger partial charge in [0.15, 0.2) is 21.9 Å². The number of carbonyl (C=O) groups excluding carboxylic acids is 1. The Morgan fingerprint density at radius 1 is 0.814 bits per heavy atom. The van der Waals surface area contributed by atoms with Crippen LogP contribution in [0.25, 0.3) is 0 Å². The number of nitrogens with zero attached hydrogens (tertiary/aromatic N) is 1. The van der Waals surface area contributed by atoms with E-state index in [4.69, 9.17) is 9.47 Å². The van der Waals surface area contributed by atoms with Crippen molar-refractivity contribution in [2.75, 3.05) is 13.2 Å². The molecule has 4 aromatic carbocycles. The van der Waals surface area contributed by atoms with E-state index in [1.165, 1.54) is 12.1 Å². The number of hydrogen-bond donors (Lipinski definition) is 0. The number of carbonyl (C=O) groups is 1. The first-order valence-corrected chi connectivity index (χ1v) is 17.7. The van der Waals surface area contributed by atoms with Crippen LogP contribution >= 0.6 is 6.89 Å². The fourth-order valence-corrected chi connectivity index (χ4v) is 11.5. The van der Waals surface area contributed by atoms with Crippen LogP contribution in [0, 0.1) is 11.3 Å². The number of benzene rings is 4. The average molecular weight is 612 g/mol. The zero-order chi connectivity index (χ0) is 30.1. The van der Waals surface area contributed by atoms with Gasteiger partial charge in [0, 0.05) is 6.61 Å². The lowest BCUT2D eigenvalue weighted by Gasteiger charge is -2.31. The third kappa shape index (κ3) is 6.44. The lowest BCUT2D eigenvalue weighted by atomic mass is 10.1. The van der Waals surface area contributed by atoms with Crippen molar-refractivity contribution in [3.63, 3.8) is 0 Å². The summed E-state index contributed by atoms with van der Waals surface area (Å²) < 4.78 is 40.0. The topological polar surface area (TPSA) is 93.5 Å². The van der Waals surface area contributed by atoms with Crippen LogP contribution in [0.4, 0.5) is 0 Å². The molecule has 220 valence electrons. The van der Waals surface area contributed by atoms with E-state index in [1.807, 2.05) is 91.0 Å². The highest BCUT2D eigenvalue weighted by molar-refractivity contribution is 7.97. The normalized spacial score (nSPS) is 16.1. The Kier molecular flexibility index (Phi) is 10.1. The molecule has 0 amide bonds. The molecule has 1 fully saturated rings. The standard InChI is InChI=1S/C35H34NO5PS/c36-27-32(42(28-15-5-1-6-16-28,29-17-7-2-8-18-29)30-19-9-3-10-20-30)35(37)33(24-26-41-34-23-13-14-25-40-34)43(38,39)31-21-11-4-12-22-31/h1-12,15-22,33-34H,13-14,23-26H2. The van der Waals surface area contributed by atoms with Gasteiger partial charge in [0.1, 0.15) is 16.6 Å². The van der Waals surface area contributed by atoms with Gasteiger partial charge in [-0.05, 0) is 60.6 Å². The number of rotatable bonds is 11. The maximum atomic E-state index is 14.8. The van der Waals surface area contributed by atoms with Crippen molar-refractivity contribution in [2.24, 2.45) is 0 Å². The van der Waals surface area contributed by atoms with Crippen LogP contribution in [0.2, 0.25) is 0 Å². The van der Waals surface area contributed by atoms with Gasteiger partial charge >= 0.3 is 0 Å². The fraction of sp³-hybridized carbons (Fsp3) is 0.229. The van der Waals surface area contributed by atoms with Crippen molar-refractivity contribution in [3.05, 3.63) is 121 Å². The molecular weight excluding hydrogens is 577 g/mol. The third-order valence-corrected chi connectivity index (χ3v) is 14.0. The van der Waals surface area contributed by atoms with E-state index in [0.717, 1.165) is 28.8 Å². The molecule has 0 bridgehead atoms. The van der Waals surface area contributed by atoms with E-state index in [0.29, 0.717) is 13.0 Å². The number of sulfone groups is 1. The van der Waals surface area contributed by atoms with Gasteiger partial charge in [-0.1, -0.05) is 109 Å². The van der Waals surface area contributed by atoms with Crippen LogP contribution in [0.1, 0.15) is 25.7 Å². The number of nitriles is 1. The molecule has 0 N–H and O–H groups in total. The zero-order valence-corrected chi connectivity index (χ0v) is 25.5. The molecule has 2 unspecified atom stereocenters. The number of ether oxygens (including phenoxy) is 2. The smallest absolute Gasteiger partial charge is 0.192 e. The first-order valence-electron chi connectivity index (χ1n) is 14.4. The molecule has 0 aliphatic carbocycles. The zero-order valence-electron chi connectivity index (χ0n) is 23.8. The number of Topliss-reactive ketones (excluding diaryl/α,β-unsaturated/α-hetero) is 1. The highest BCUT2D eigenvalue weighted by Gasteiger charge is 2.41. The van der Waals surface area contributed by atoms with Crippen molar-refractivity contribution in [3.8, 4) is 6.07 Å². The Morgan fingerprint density at radius 3 is 1.74 bits per heavy atom. The molecule has 0 spiro atoms. The van der Waals surface area contributed by atoms with Crippen molar-refractivity contribution in [1.82, 2.24) is 0 Å². The van der Waals surface area contributed by atoms with Crippen LogP contribution in [0.15, 0.2) is 126 Å². The van der Waals surface area contributed by atoms with Gasteiger partial charge in [0.05, 0.1) is 11.5 Å². The number of ketones is 1. The number of hydrogen-bond acceptors (Lipinski definition) is 6. The highest BCUT2D eigenvalue weighted by atomic mass is 32.2. The summed E-state index contributed by atoms with van der Waals surface area (Å²) in [5.74, 6) is -0.704.